The zero-order valence-electron chi connectivity index (χ0n) is 25.7. The second-order valence-corrected chi connectivity index (χ2v) is 13.9. The number of aliphatic hydroxyl groups is 1. The van der Waals surface area contributed by atoms with Gasteiger partial charge in [-0.05, 0) is 87.8 Å². The number of methoxy groups -OCH3 is 2. The summed E-state index contributed by atoms with van der Waals surface area (Å²) in [5, 5.41) is 12.5. The van der Waals surface area contributed by atoms with Gasteiger partial charge in [0.05, 0.1) is 16.8 Å². The van der Waals surface area contributed by atoms with Gasteiger partial charge in [-0.15, -0.1) is 0 Å². The minimum Gasteiger partial charge on any atom is -0.493 e. The molecule has 1 N–H and O–H groups in total. The third-order valence-electron chi connectivity index (χ3n) is 12.7. The van der Waals surface area contributed by atoms with Gasteiger partial charge in [0, 0.05) is 42.0 Å². The molecular weight excluding hydrogens is 450 g/mol. The summed E-state index contributed by atoms with van der Waals surface area (Å²) in [4.78, 5) is 2.79. The molecular formula is C31H45NO4. The molecule has 5 nitrogen and oxygen atoms in total. The van der Waals surface area contributed by atoms with E-state index in [1.165, 1.54) is 24.0 Å². The summed E-state index contributed by atoms with van der Waals surface area (Å²) in [5.41, 5.74) is 0.161. The van der Waals surface area contributed by atoms with E-state index in [2.05, 4.69) is 31.7 Å². The van der Waals surface area contributed by atoms with Crippen LogP contribution in [0.2, 0.25) is 0 Å². The molecule has 5 aliphatic carbocycles. The van der Waals surface area contributed by atoms with Crippen LogP contribution in [0.1, 0.15) is 87.9 Å². The molecule has 4 saturated carbocycles. The molecule has 198 valence electrons. The predicted molar refractivity (Wildman–Crippen MR) is 140 cm³/mol. The summed E-state index contributed by atoms with van der Waals surface area (Å²) in [7, 11) is -0.760. The van der Waals surface area contributed by atoms with Gasteiger partial charge in [0.15, 0.2) is 11.5 Å². The van der Waals surface area contributed by atoms with Crippen LogP contribution in [0, 0.1) is 22.7 Å². The van der Waals surface area contributed by atoms with Gasteiger partial charge < -0.3 is 19.3 Å². The maximum absolute atomic E-state index is 12.5. The fraction of sp³-hybridized carbons (Fsp3) is 0.806. The Morgan fingerprint density at radius 3 is 2.72 bits per heavy atom. The van der Waals surface area contributed by atoms with E-state index in [4.69, 9.17) is 18.3 Å². The minimum absolute atomic E-state index is 0.0690. The number of likely N-dealkylation sites (tertiary alicyclic amines) is 1. The maximum atomic E-state index is 12.5. The van der Waals surface area contributed by atoms with Crippen LogP contribution in [0.15, 0.2) is 12.1 Å². The molecule has 0 amide bonds. The molecule has 2 heterocycles. The summed E-state index contributed by atoms with van der Waals surface area (Å²) < 4.78 is 42.8. The van der Waals surface area contributed by atoms with E-state index in [9.17, 15) is 5.11 Å². The number of fused-ring (bicyclic) bond motifs is 2. The first-order chi connectivity index (χ1) is 18.3. The molecule has 0 aromatic heterocycles. The fourth-order valence-corrected chi connectivity index (χ4v) is 9.96. The lowest BCUT2D eigenvalue weighted by molar-refractivity contribution is -0.313. The molecule has 1 saturated heterocycles. The van der Waals surface area contributed by atoms with Crippen LogP contribution in [0.3, 0.4) is 0 Å². The largest absolute Gasteiger partial charge is 0.493 e. The first-order valence-corrected chi connectivity index (χ1v) is 14.3. The first kappa shape index (κ1) is 20.6. The molecule has 1 aromatic rings. The molecule has 0 radical (unpaired) electrons. The number of ether oxygens (including phenoxy) is 3. The normalized spacial score (nSPS) is 43.6. The Balaban J connectivity index is 1.45. The molecule has 5 fully saturated rings. The van der Waals surface area contributed by atoms with Crippen molar-refractivity contribution < 1.29 is 23.4 Å². The van der Waals surface area contributed by atoms with Crippen LogP contribution in [0.5, 0.6) is 11.5 Å². The Labute approximate surface area is 221 Å². The van der Waals surface area contributed by atoms with E-state index < -0.39 is 18.2 Å². The smallest absolute Gasteiger partial charge is 0.165 e. The highest BCUT2D eigenvalue weighted by molar-refractivity contribution is 5.63. The van der Waals surface area contributed by atoms with E-state index in [-0.39, 0.29) is 28.3 Å². The van der Waals surface area contributed by atoms with Crippen LogP contribution in [-0.4, -0.2) is 60.6 Å². The van der Waals surface area contributed by atoms with Crippen molar-refractivity contribution in [3.8, 4) is 11.5 Å². The third kappa shape index (κ3) is 2.50. The maximum Gasteiger partial charge on any atom is 0.165 e. The molecule has 36 heavy (non-hydrogen) atoms. The highest BCUT2D eigenvalue weighted by Gasteiger charge is 2.82. The second-order valence-electron chi connectivity index (χ2n) is 13.9. The lowest BCUT2D eigenvalue weighted by Crippen LogP contribution is -2.83. The van der Waals surface area contributed by atoms with Gasteiger partial charge >= 0.3 is 0 Å². The third-order valence-corrected chi connectivity index (χ3v) is 12.7. The van der Waals surface area contributed by atoms with Crippen molar-refractivity contribution in [2.75, 3.05) is 27.2 Å². The standard InChI is InChI=1S/C31H45NO4/c1-7-27(2,3)28(4,33)22-17-29-12-13-31(22,35-6)26-30(29)14-15-32(18-19-8-9-19)23(29)16-20-10-11-21(34-5)25(36-26)24(20)30/h10-11,19,22-23,26,33H,7-9,12-18H2,1-6H3/t22-,23-,26?,28+,29-,30+,31-/m1/s1/i5D3. The summed E-state index contributed by atoms with van der Waals surface area (Å²) in [6, 6.07) is 4.29. The summed E-state index contributed by atoms with van der Waals surface area (Å²) in [5.74, 6) is 1.63. The zero-order chi connectivity index (χ0) is 27.8. The second kappa shape index (κ2) is 7.21. The van der Waals surface area contributed by atoms with Crippen LogP contribution in [0.25, 0.3) is 0 Å². The van der Waals surface area contributed by atoms with E-state index in [0.29, 0.717) is 17.5 Å². The average Bonchev–Trinajstić information content (AvgIpc) is 3.62. The van der Waals surface area contributed by atoms with Gasteiger partial charge in [-0.3, -0.25) is 4.90 Å². The Hall–Kier alpha value is -1.30. The van der Waals surface area contributed by atoms with Crippen LogP contribution < -0.4 is 9.47 Å². The number of hydrogen-bond donors (Lipinski definition) is 1. The lowest BCUT2D eigenvalue weighted by Gasteiger charge is -2.75. The van der Waals surface area contributed by atoms with Crippen LogP contribution in [-0.2, 0) is 16.6 Å². The molecule has 1 aromatic carbocycles. The number of rotatable bonds is 7. The van der Waals surface area contributed by atoms with Crippen molar-refractivity contribution in [2.24, 2.45) is 22.7 Å². The number of nitrogens with zero attached hydrogens (tertiary/aromatic N) is 1. The highest BCUT2D eigenvalue weighted by Crippen LogP contribution is 2.78. The monoisotopic (exact) mass is 498 g/mol. The molecule has 4 bridgehead atoms. The lowest BCUT2D eigenvalue weighted by atomic mass is 9.33. The Morgan fingerprint density at radius 2 is 2.03 bits per heavy atom. The predicted octanol–water partition coefficient (Wildman–Crippen LogP) is 5.11. The summed E-state index contributed by atoms with van der Waals surface area (Å²) in [6.07, 6.45) is 7.91. The van der Waals surface area contributed by atoms with Crippen molar-refractivity contribution in [1.82, 2.24) is 4.90 Å². The molecule has 1 unspecified atom stereocenters. The minimum atomic E-state index is -2.56. The van der Waals surface area contributed by atoms with Gasteiger partial charge in [-0.2, -0.15) is 0 Å². The number of benzene rings is 1. The summed E-state index contributed by atoms with van der Waals surface area (Å²) in [6.45, 7) is 10.7. The van der Waals surface area contributed by atoms with Gasteiger partial charge in [-0.25, -0.2) is 0 Å². The molecule has 7 aliphatic rings. The number of piperidine rings is 1. The van der Waals surface area contributed by atoms with Gasteiger partial charge in [0.25, 0.3) is 0 Å². The van der Waals surface area contributed by atoms with Crippen molar-refractivity contribution in [1.29, 1.82) is 0 Å². The first-order valence-electron chi connectivity index (χ1n) is 15.8. The molecule has 2 aliphatic heterocycles. The van der Waals surface area contributed by atoms with Gasteiger partial charge in [0.1, 0.15) is 11.7 Å². The quantitative estimate of drug-likeness (QED) is 0.566. The van der Waals surface area contributed by atoms with Crippen molar-refractivity contribution in [3.63, 3.8) is 0 Å². The fourth-order valence-electron chi connectivity index (χ4n) is 9.96. The van der Waals surface area contributed by atoms with E-state index in [1.807, 2.05) is 13.0 Å². The molecule has 5 heteroatoms. The van der Waals surface area contributed by atoms with Crippen molar-refractivity contribution >= 4 is 0 Å². The number of hydrogen-bond acceptors (Lipinski definition) is 5. The average molecular weight is 499 g/mol. The van der Waals surface area contributed by atoms with Gasteiger partial charge in [0.2, 0.25) is 0 Å². The highest BCUT2D eigenvalue weighted by atomic mass is 16.6. The molecule has 8 rings (SSSR count). The van der Waals surface area contributed by atoms with Crippen LogP contribution >= 0.6 is 0 Å². The van der Waals surface area contributed by atoms with Gasteiger partial charge in [-0.1, -0.05) is 26.8 Å². The molecule has 7 atom stereocenters. The van der Waals surface area contributed by atoms with E-state index in [1.54, 1.807) is 7.11 Å². The SMILES string of the molecule is [2H]C([2H])([2H])Oc1ccc2c3c1OC1[C@@]4(OC)CC[C@@]5(C[C@@H]4[C@](C)(O)C(C)(C)CC)[C@@H](C2)N(CC2CC2)CC[C@]315. The Morgan fingerprint density at radius 1 is 1.22 bits per heavy atom. The van der Waals surface area contributed by atoms with Crippen molar-refractivity contribution in [3.05, 3.63) is 23.3 Å². The molecule has 2 spiro atoms. The van der Waals surface area contributed by atoms with Crippen molar-refractivity contribution in [2.45, 2.75) is 108 Å². The van der Waals surface area contributed by atoms with E-state index in [0.717, 1.165) is 57.5 Å². The van der Waals surface area contributed by atoms with E-state index >= 15 is 0 Å². The zero-order valence-corrected chi connectivity index (χ0v) is 22.7. The Bertz CT molecular complexity index is 1200. The summed E-state index contributed by atoms with van der Waals surface area (Å²) >= 11 is 0. The van der Waals surface area contributed by atoms with Crippen LogP contribution in [0.4, 0.5) is 0 Å². The topological polar surface area (TPSA) is 51.2 Å². The Kier molecular flexibility index (Phi) is 4.13.